The maximum atomic E-state index is 2.44. The molecule has 1 heterocycles. The summed E-state index contributed by atoms with van der Waals surface area (Å²) in [5.41, 5.74) is 3.79. The lowest BCUT2D eigenvalue weighted by atomic mass is 10.0. The van der Waals surface area contributed by atoms with Crippen LogP contribution in [0.1, 0.15) is 0 Å². The Bertz CT molecular complexity index is 1080. The number of fused-ring (bicyclic) bond motifs is 2. The summed E-state index contributed by atoms with van der Waals surface area (Å²) in [7, 11) is 2.17. The van der Waals surface area contributed by atoms with Crippen molar-refractivity contribution >= 4 is 21.8 Å². The molecule has 0 saturated heterocycles. The second-order valence-corrected chi connectivity index (χ2v) is 6.78. The van der Waals surface area contributed by atoms with Crippen molar-refractivity contribution < 1.29 is 4.57 Å². The van der Waals surface area contributed by atoms with Gasteiger partial charge in [0.1, 0.15) is 0 Å². The average molecular weight is 336 g/mol. The van der Waals surface area contributed by atoms with Crippen molar-refractivity contribution in [2.45, 2.75) is 6.54 Å². The molecule has 0 atom stereocenters. The lowest BCUT2D eigenvalue weighted by molar-refractivity contribution is -0.634. The van der Waals surface area contributed by atoms with Gasteiger partial charge in [-0.2, -0.15) is 0 Å². The average Bonchev–Trinajstić information content (AvgIpc) is 3.29. The third-order valence-electron chi connectivity index (χ3n) is 5.21. The second kappa shape index (κ2) is 6.28. The molecule has 0 bridgehead atoms. The van der Waals surface area contributed by atoms with Crippen molar-refractivity contribution in [3.63, 3.8) is 0 Å². The maximum absolute atomic E-state index is 2.44. The molecule has 1 fully saturated rings. The van der Waals surface area contributed by atoms with E-state index in [0.29, 0.717) is 0 Å². The predicted molar refractivity (Wildman–Crippen MR) is 106 cm³/mol. The lowest BCUT2D eigenvalue weighted by Crippen LogP contribution is -2.30. The predicted octanol–water partition coefficient (Wildman–Crippen LogP) is 4.69. The van der Waals surface area contributed by atoms with Gasteiger partial charge in [0.15, 0.2) is 11.0 Å². The summed E-state index contributed by atoms with van der Waals surface area (Å²) in [4.78, 5) is 0. The summed E-state index contributed by atoms with van der Waals surface area (Å²) in [5.74, 6) is 2.57. The van der Waals surface area contributed by atoms with E-state index >= 15 is 0 Å². The van der Waals surface area contributed by atoms with Crippen LogP contribution >= 0.6 is 0 Å². The molecule has 0 N–H and O–H groups in total. The number of nitrogens with zero attached hydrogens (tertiary/aromatic N) is 2. The number of aromatic nitrogens is 2. The standard InChI is InChI=1S/C24H20N2/c1-25-22-15-6-7-16-23(22)26(17-18-9-2-3-10-18)24(25)21-14-8-12-19-11-4-5-13-20(19)21/h2-16H,17H2,1H3/q+1. The van der Waals surface area contributed by atoms with E-state index in [-0.39, 0.29) is 0 Å². The van der Waals surface area contributed by atoms with E-state index in [1.165, 1.54) is 39.1 Å². The number of hydrogen-bond donors (Lipinski definition) is 0. The molecule has 0 amide bonds. The highest BCUT2D eigenvalue weighted by Crippen LogP contribution is 2.32. The summed E-state index contributed by atoms with van der Waals surface area (Å²) in [6.45, 7) is 0.868. The first-order valence-corrected chi connectivity index (χ1v) is 8.99. The molecule has 0 aliphatic heterocycles. The Labute approximate surface area is 154 Å². The minimum atomic E-state index is 0.868. The monoisotopic (exact) mass is 336 g/mol. The van der Waals surface area contributed by atoms with Crippen LogP contribution in [0, 0.1) is 31.6 Å². The van der Waals surface area contributed by atoms with Crippen molar-refractivity contribution in [3.8, 4) is 11.4 Å². The zero-order valence-electron chi connectivity index (χ0n) is 14.8. The zero-order valence-corrected chi connectivity index (χ0v) is 14.8. The topological polar surface area (TPSA) is 8.81 Å². The number of imidazole rings is 1. The normalized spacial score (nSPS) is 15.3. The Morgan fingerprint density at radius 2 is 1.54 bits per heavy atom. The Morgan fingerprint density at radius 1 is 0.808 bits per heavy atom. The molecule has 0 unspecified atom stereocenters. The van der Waals surface area contributed by atoms with Gasteiger partial charge in [-0.05, 0) is 54.7 Å². The van der Waals surface area contributed by atoms with Gasteiger partial charge in [-0.1, -0.05) is 48.5 Å². The SMILES string of the molecule is C[n+]1c(-c2cccc3ccccc23)n(C[C]2[CH][CH][CH][CH]2)c2ccccc21. The Hall–Kier alpha value is -2.61. The van der Waals surface area contributed by atoms with Gasteiger partial charge in [0.05, 0.1) is 19.2 Å². The number of rotatable bonds is 3. The van der Waals surface area contributed by atoms with E-state index < -0.39 is 0 Å². The third-order valence-corrected chi connectivity index (χ3v) is 5.21. The van der Waals surface area contributed by atoms with Gasteiger partial charge >= 0.3 is 0 Å². The van der Waals surface area contributed by atoms with Crippen molar-refractivity contribution in [1.82, 2.24) is 4.57 Å². The van der Waals surface area contributed by atoms with Gasteiger partial charge < -0.3 is 0 Å². The number of aryl methyl sites for hydroxylation is 1. The summed E-state index contributed by atoms with van der Waals surface area (Å²) >= 11 is 0. The van der Waals surface area contributed by atoms with E-state index in [1.807, 2.05) is 0 Å². The molecule has 1 saturated carbocycles. The lowest BCUT2D eigenvalue weighted by Gasteiger charge is -2.10. The molecule has 2 nitrogen and oxygen atoms in total. The smallest absolute Gasteiger partial charge is 0.226 e. The Kier molecular flexibility index (Phi) is 3.77. The van der Waals surface area contributed by atoms with Crippen molar-refractivity contribution in [1.29, 1.82) is 0 Å². The van der Waals surface area contributed by atoms with Crippen LogP contribution in [0.2, 0.25) is 0 Å². The molecule has 1 aliphatic carbocycles. The molecule has 1 aromatic heterocycles. The molecule has 0 spiro atoms. The molecule has 5 rings (SSSR count). The van der Waals surface area contributed by atoms with E-state index in [9.17, 15) is 0 Å². The van der Waals surface area contributed by atoms with E-state index in [0.717, 1.165) is 6.54 Å². The highest BCUT2D eigenvalue weighted by molar-refractivity contribution is 5.95. The van der Waals surface area contributed by atoms with Crippen LogP contribution in [-0.2, 0) is 13.6 Å². The van der Waals surface area contributed by atoms with Crippen LogP contribution in [-0.4, -0.2) is 4.57 Å². The van der Waals surface area contributed by atoms with Gasteiger partial charge in [0.25, 0.3) is 5.82 Å². The van der Waals surface area contributed by atoms with Crippen LogP contribution < -0.4 is 4.57 Å². The van der Waals surface area contributed by atoms with Crippen molar-refractivity contribution in [2.75, 3.05) is 0 Å². The molecule has 5 radical (unpaired) electrons. The second-order valence-electron chi connectivity index (χ2n) is 6.78. The number of hydrogen-bond acceptors (Lipinski definition) is 0. The molecule has 125 valence electrons. The van der Waals surface area contributed by atoms with Gasteiger partial charge in [-0.15, -0.1) is 0 Å². The number of para-hydroxylation sites is 2. The Balaban J connectivity index is 1.79. The van der Waals surface area contributed by atoms with Gasteiger partial charge in [-0.3, -0.25) is 0 Å². The fourth-order valence-corrected chi connectivity index (χ4v) is 3.99. The first kappa shape index (κ1) is 15.6. The molecular formula is C24H20N2+. The van der Waals surface area contributed by atoms with Crippen LogP contribution in [0.4, 0.5) is 0 Å². The van der Waals surface area contributed by atoms with Crippen molar-refractivity contribution in [3.05, 3.63) is 98.3 Å². The van der Waals surface area contributed by atoms with E-state index in [2.05, 4.69) is 109 Å². The summed E-state index contributed by atoms with van der Waals surface area (Å²) < 4.78 is 4.76. The first-order chi connectivity index (χ1) is 12.8. The number of benzene rings is 3. The summed E-state index contributed by atoms with van der Waals surface area (Å²) in [6, 6.07) is 23.8. The van der Waals surface area contributed by atoms with Crippen LogP contribution in [0.3, 0.4) is 0 Å². The third kappa shape index (κ3) is 2.44. The largest absolute Gasteiger partial charge is 0.290 e. The summed E-state index contributed by atoms with van der Waals surface area (Å²) in [6.07, 6.45) is 8.61. The molecule has 3 aromatic carbocycles. The zero-order chi connectivity index (χ0) is 17.5. The highest BCUT2D eigenvalue weighted by Gasteiger charge is 2.29. The fourth-order valence-electron chi connectivity index (χ4n) is 3.99. The molecule has 26 heavy (non-hydrogen) atoms. The fraction of sp³-hybridized carbons (Fsp3) is 0.0833. The van der Waals surface area contributed by atoms with Crippen LogP contribution in [0.25, 0.3) is 33.2 Å². The molecule has 2 heteroatoms. The van der Waals surface area contributed by atoms with E-state index in [1.54, 1.807) is 0 Å². The molecule has 4 aromatic rings. The quantitative estimate of drug-likeness (QED) is 0.480. The van der Waals surface area contributed by atoms with Crippen LogP contribution in [0.5, 0.6) is 0 Å². The van der Waals surface area contributed by atoms with Crippen LogP contribution in [0.15, 0.2) is 66.7 Å². The highest BCUT2D eigenvalue weighted by atomic mass is 15.2. The van der Waals surface area contributed by atoms with Crippen molar-refractivity contribution in [2.24, 2.45) is 7.05 Å². The van der Waals surface area contributed by atoms with E-state index in [4.69, 9.17) is 0 Å². The minimum absolute atomic E-state index is 0.868. The van der Waals surface area contributed by atoms with Gasteiger partial charge in [-0.25, -0.2) is 9.13 Å². The Morgan fingerprint density at radius 3 is 2.42 bits per heavy atom. The minimum Gasteiger partial charge on any atom is -0.226 e. The molecule has 1 aliphatic rings. The van der Waals surface area contributed by atoms with Gasteiger partial charge in [0, 0.05) is 5.92 Å². The maximum Gasteiger partial charge on any atom is 0.290 e. The first-order valence-electron chi connectivity index (χ1n) is 8.99. The van der Waals surface area contributed by atoms with Gasteiger partial charge in [0.2, 0.25) is 0 Å². The summed E-state index contributed by atoms with van der Waals surface area (Å²) in [5, 5.41) is 2.56. The molecular weight excluding hydrogens is 316 g/mol.